The second-order valence-electron chi connectivity index (χ2n) is 10.2. The van der Waals surface area contributed by atoms with Crippen molar-refractivity contribution < 1.29 is 33.0 Å². The quantitative estimate of drug-likeness (QED) is 0.238. The van der Waals surface area contributed by atoms with Gasteiger partial charge in [-0.25, -0.2) is 9.79 Å². The maximum atomic E-state index is 13.7. The van der Waals surface area contributed by atoms with Crippen LogP contribution in [0.3, 0.4) is 0 Å². The Morgan fingerprint density at radius 2 is 1.80 bits per heavy atom. The summed E-state index contributed by atoms with van der Waals surface area (Å²) in [4.78, 5) is 45.0. The number of anilines is 1. The number of furan rings is 1. The Labute approximate surface area is 263 Å². The lowest BCUT2D eigenvalue weighted by atomic mass is 10.1. The van der Waals surface area contributed by atoms with E-state index in [2.05, 4.69) is 10.6 Å². The Kier molecular flexibility index (Phi) is 9.01. The fourth-order valence-electron chi connectivity index (χ4n) is 4.70. The summed E-state index contributed by atoms with van der Waals surface area (Å²) in [7, 11) is 0. The summed E-state index contributed by atoms with van der Waals surface area (Å²) in [6, 6.07) is 24.5. The lowest BCUT2D eigenvalue weighted by Crippen LogP contribution is -2.41. The number of amidine groups is 1. The molecule has 230 valence electrons. The number of carbonyl (C=O) groups is 3. The van der Waals surface area contributed by atoms with Crippen molar-refractivity contribution in [1.29, 1.82) is 0 Å². The van der Waals surface area contributed by atoms with Gasteiger partial charge in [-0.05, 0) is 54.4 Å². The van der Waals surface area contributed by atoms with E-state index in [9.17, 15) is 14.4 Å². The molecule has 0 aliphatic carbocycles. The fraction of sp³-hybridized carbons (Fsp3) is 0.212. The summed E-state index contributed by atoms with van der Waals surface area (Å²) >= 11 is 1.32. The van der Waals surface area contributed by atoms with Crippen LogP contribution in [0.2, 0.25) is 0 Å². The van der Waals surface area contributed by atoms with Crippen LogP contribution in [-0.2, 0) is 27.5 Å². The summed E-state index contributed by atoms with van der Waals surface area (Å²) < 4.78 is 22.3. The Bertz CT molecular complexity index is 1690. The van der Waals surface area contributed by atoms with E-state index in [4.69, 9.17) is 23.6 Å². The standard InChI is InChI=1S/C33H30N4O7S/c1-21(34-33(40)44-20-22-7-3-2-4-8-22)30(38)35-24-14-12-23(13-15-24)29-31(39)37(19-25-9-6-16-41-25)32(45-29)36-26-10-5-11-27-28(26)43-18-17-42-27/h2-16,21,29H,17-20H2,1H3,(H,34,40)(H,35,38)/t21-,29?/m1/s1. The molecule has 3 amide bonds. The number of hydrogen-bond donors (Lipinski definition) is 2. The van der Waals surface area contributed by atoms with Crippen molar-refractivity contribution in [2.24, 2.45) is 4.99 Å². The molecule has 45 heavy (non-hydrogen) atoms. The Balaban J connectivity index is 1.12. The van der Waals surface area contributed by atoms with Gasteiger partial charge in [-0.1, -0.05) is 60.3 Å². The highest BCUT2D eigenvalue weighted by atomic mass is 32.2. The van der Waals surface area contributed by atoms with Crippen LogP contribution in [0, 0.1) is 0 Å². The van der Waals surface area contributed by atoms with Gasteiger partial charge in [0.25, 0.3) is 0 Å². The van der Waals surface area contributed by atoms with Gasteiger partial charge < -0.3 is 29.3 Å². The minimum atomic E-state index is -0.841. The summed E-state index contributed by atoms with van der Waals surface area (Å²) in [5, 5.41) is 5.25. The number of nitrogens with zero attached hydrogens (tertiary/aromatic N) is 2. The molecule has 12 heteroatoms. The third kappa shape index (κ3) is 7.13. The molecule has 2 aliphatic heterocycles. The van der Waals surface area contributed by atoms with Crippen molar-refractivity contribution in [2.45, 2.75) is 31.4 Å². The first-order chi connectivity index (χ1) is 21.9. The van der Waals surface area contributed by atoms with Crippen LogP contribution in [-0.4, -0.2) is 47.2 Å². The van der Waals surface area contributed by atoms with E-state index in [1.54, 1.807) is 54.5 Å². The van der Waals surface area contributed by atoms with Gasteiger partial charge >= 0.3 is 6.09 Å². The number of benzene rings is 3. The molecule has 1 unspecified atom stereocenters. The Morgan fingerprint density at radius 1 is 1.00 bits per heavy atom. The monoisotopic (exact) mass is 626 g/mol. The van der Waals surface area contributed by atoms with Crippen LogP contribution in [0.25, 0.3) is 0 Å². The number of aliphatic imine (C=N–C) groups is 1. The Morgan fingerprint density at radius 3 is 2.58 bits per heavy atom. The largest absolute Gasteiger partial charge is 0.486 e. The number of carbonyl (C=O) groups excluding carboxylic acids is 3. The molecule has 4 aromatic rings. The van der Waals surface area contributed by atoms with Crippen molar-refractivity contribution >= 4 is 46.2 Å². The number of thioether (sulfide) groups is 1. The molecule has 11 nitrogen and oxygen atoms in total. The van der Waals surface area contributed by atoms with Crippen molar-refractivity contribution in [3.8, 4) is 11.5 Å². The highest BCUT2D eigenvalue weighted by Crippen LogP contribution is 2.44. The van der Waals surface area contributed by atoms with Gasteiger partial charge in [0.2, 0.25) is 11.8 Å². The minimum absolute atomic E-state index is 0.0987. The molecule has 0 radical (unpaired) electrons. The Hall–Kier alpha value is -5.23. The zero-order valence-electron chi connectivity index (χ0n) is 24.3. The first kappa shape index (κ1) is 29.8. The lowest BCUT2D eigenvalue weighted by Gasteiger charge is -2.20. The summed E-state index contributed by atoms with van der Waals surface area (Å²) in [5.74, 6) is 1.20. The average molecular weight is 627 g/mol. The number of hydrogen-bond acceptors (Lipinski definition) is 9. The predicted octanol–water partition coefficient (Wildman–Crippen LogP) is 5.81. The maximum absolute atomic E-state index is 13.7. The molecule has 0 bridgehead atoms. The molecule has 2 aliphatic rings. The molecule has 1 aromatic heterocycles. The topological polar surface area (TPSA) is 132 Å². The molecule has 6 rings (SSSR count). The molecule has 0 saturated carbocycles. The molecule has 2 atom stereocenters. The van der Waals surface area contributed by atoms with Crippen LogP contribution < -0.4 is 20.1 Å². The van der Waals surface area contributed by atoms with Crippen LogP contribution in [0.5, 0.6) is 11.5 Å². The number of nitrogens with one attached hydrogen (secondary N) is 2. The smallest absolute Gasteiger partial charge is 0.408 e. The van der Waals surface area contributed by atoms with Crippen molar-refractivity contribution in [2.75, 3.05) is 18.5 Å². The van der Waals surface area contributed by atoms with Gasteiger partial charge in [0.05, 0.1) is 12.8 Å². The van der Waals surface area contributed by atoms with E-state index in [-0.39, 0.29) is 19.1 Å². The second kappa shape index (κ2) is 13.6. The molecule has 0 spiro atoms. The van der Waals surface area contributed by atoms with Gasteiger partial charge in [0.1, 0.15) is 42.6 Å². The van der Waals surface area contributed by atoms with E-state index in [1.165, 1.54) is 11.8 Å². The van der Waals surface area contributed by atoms with Crippen molar-refractivity contribution in [3.05, 3.63) is 108 Å². The molecule has 3 aromatic carbocycles. The van der Waals surface area contributed by atoms with Crippen LogP contribution in [0.15, 0.2) is 101 Å². The maximum Gasteiger partial charge on any atom is 0.408 e. The number of amides is 3. The summed E-state index contributed by atoms with van der Waals surface area (Å²) in [5.41, 5.74) is 2.66. The van der Waals surface area contributed by atoms with Crippen LogP contribution >= 0.6 is 11.8 Å². The number of para-hydroxylation sites is 1. The average Bonchev–Trinajstić information content (AvgIpc) is 3.69. The molecule has 3 heterocycles. The molecule has 1 fully saturated rings. The first-order valence-corrected chi connectivity index (χ1v) is 15.2. The van der Waals surface area contributed by atoms with Gasteiger partial charge in [-0.3, -0.25) is 14.5 Å². The van der Waals surface area contributed by atoms with E-state index in [1.807, 2.05) is 48.5 Å². The molecule has 1 saturated heterocycles. The van der Waals surface area contributed by atoms with Gasteiger partial charge in [-0.15, -0.1) is 0 Å². The van der Waals surface area contributed by atoms with Crippen molar-refractivity contribution in [3.63, 3.8) is 0 Å². The molecule has 2 N–H and O–H groups in total. The summed E-state index contributed by atoms with van der Waals surface area (Å²) in [6.45, 7) is 2.75. The summed E-state index contributed by atoms with van der Waals surface area (Å²) in [6.07, 6.45) is 0.868. The van der Waals surface area contributed by atoms with Gasteiger partial charge in [-0.2, -0.15) is 0 Å². The van der Waals surface area contributed by atoms with Gasteiger partial charge in [0, 0.05) is 5.69 Å². The normalized spacial score (nSPS) is 17.2. The SMILES string of the molecule is C[C@@H](NC(=O)OCc1ccccc1)C(=O)Nc1ccc(C2SC(=Nc3cccc4c3OCCO4)N(Cc3ccco3)C2=O)cc1. The zero-order valence-corrected chi connectivity index (χ0v) is 25.1. The number of rotatable bonds is 9. The minimum Gasteiger partial charge on any atom is -0.486 e. The highest BCUT2D eigenvalue weighted by molar-refractivity contribution is 8.15. The second-order valence-corrected chi connectivity index (χ2v) is 11.3. The number of fused-ring (bicyclic) bond motifs is 1. The number of alkyl carbamates (subject to hydrolysis) is 1. The van der Waals surface area contributed by atoms with Crippen molar-refractivity contribution in [1.82, 2.24) is 10.2 Å². The zero-order chi connectivity index (χ0) is 31.2. The lowest BCUT2D eigenvalue weighted by molar-refractivity contribution is -0.126. The van der Waals surface area contributed by atoms with E-state index in [0.29, 0.717) is 47.0 Å². The van der Waals surface area contributed by atoms with Crippen LogP contribution in [0.4, 0.5) is 16.2 Å². The first-order valence-electron chi connectivity index (χ1n) is 14.3. The van der Waals surface area contributed by atoms with E-state index < -0.39 is 23.3 Å². The van der Waals surface area contributed by atoms with Gasteiger partial charge in [0.15, 0.2) is 16.7 Å². The van der Waals surface area contributed by atoms with E-state index >= 15 is 0 Å². The highest BCUT2D eigenvalue weighted by Gasteiger charge is 2.40. The number of ether oxygens (including phenoxy) is 3. The molecular formula is C33H30N4O7S. The molecular weight excluding hydrogens is 596 g/mol. The fourth-order valence-corrected chi connectivity index (χ4v) is 5.87. The third-order valence-corrected chi connectivity index (χ3v) is 8.25. The third-order valence-electron chi connectivity index (χ3n) is 7.02. The van der Waals surface area contributed by atoms with E-state index in [0.717, 1.165) is 11.1 Å². The van der Waals surface area contributed by atoms with Crippen LogP contribution in [0.1, 0.15) is 29.1 Å². The predicted molar refractivity (Wildman–Crippen MR) is 168 cm³/mol.